The Hall–Kier alpha value is -2.76. The van der Waals surface area contributed by atoms with Crippen LogP contribution in [0, 0.1) is 5.92 Å². The number of anilines is 1. The van der Waals surface area contributed by atoms with Crippen molar-refractivity contribution in [1.82, 2.24) is 10.3 Å². The van der Waals surface area contributed by atoms with Crippen LogP contribution in [-0.4, -0.2) is 45.8 Å². The smallest absolute Gasteiger partial charge is 0.255 e. The average Bonchev–Trinajstić information content (AvgIpc) is 2.67. The molecule has 0 fully saturated rings. The highest BCUT2D eigenvalue weighted by Crippen LogP contribution is 2.33. The Morgan fingerprint density at radius 3 is 2.44 bits per heavy atom. The molecule has 0 spiro atoms. The summed E-state index contributed by atoms with van der Waals surface area (Å²) in [6, 6.07) is 9.46. The fourth-order valence-electron chi connectivity index (χ4n) is 3.05. The maximum absolute atomic E-state index is 12.7. The van der Waals surface area contributed by atoms with Gasteiger partial charge in [0.25, 0.3) is 5.91 Å². The monoisotopic (exact) mass is 371 g/mol. The predicted molar refractivity (Wildman–Crippen MR) is 108 cm³/mol. The second-order valence-corrected chi connectivity index (χ2v) is 6.94. The van der Waals surface area contributed by atoms with Gasteiger partial charge in [0.1, 0.15) is 5.82 Å². The standard InChI is InChI=1S/C21H29N3O3/c1-14(2)17(15-9-10-18(26-5)19(12-15)27-6)13-23-21(25)16-8-7-11-22-20(16)24(3)4/h7-12,14,17H,13H2,1-6H3,(H,23,25). The Balaban J connectivity index is 2.19. The third kappa shape index (κ3) is 4.90. The van der Waals surface area contributed by atoms with Crippen molar-refractivity contribution < 1.29 is 14.3 Å². The van der Waals surface area contributed by atoms with Crippen LogP contribution in [0.3, 0.4) is 0 Å². The zero-order valence-electron chi connectivity index (χ0n) is 16.9. The number of nitrogens with one attached hydrogen (secondary N) is 1. The van der Waals surface area contributed by atoms with Crippen LogP contribution in [0.4, 0.5) is 5.82 Å². The van der Waals surface area contributed by atoms with E-state index in [2.05, 4.69) is 24.1 Å². The molecule has 0 bridgehead atoms. The number of carbonyl (C=O) groups is 1. The fraction of sp³-hybridized carbons (Fsp3) is 0.429. The molecule has 146 valence electrons. The minimum atomic E-state index is -0.127. The summed E-state index contributed by atoms with van der Waals surface area (Å²) in [7, 11) is 6.99. The molecule has 0 aliphatic rings. The molecule has 1 amide bonds. The summed E-state index contributed by atoms with van der Waals surface area (Å²) in [5, 5.41) is 3.06. The molecule has 0 saturated carbocycles. The second-order valence-electron chi connectivity index (χ2n) is 6.94. The lowest BCUT2D eigenvalue weighted by Gasteiger charge is -2.23. The quantitative estimate of drug-likeness (QED) is 0.771. The molecule has 1 unspecified atom stereocenters. The van der Waals surface area contributed by atoms with Gasteiger partial charge in [0, 0.05) is 32.8 Å². The van der Waals surface area contributed by atoms with Gasteiger partial charge in [0.05, 0.1) is 19.8 Å². The van der Waals surface area contributed by atoms with Crippen molar-refractivity contribution in [2.24, 2.45) is 5.92 Å². The zero-order chi connectivity index (χ0) is 20.0. The van der Waals surface area contributed by atoms with Gasteiger partial charge in [-0.2, -0.15) is 0 Å². The molecule has 2 rings (SSSR count). The first-order valence-corrected chi connectivity index (χ1v) is 9.01. The Bertz CT molecular complexity index is 775. The van der Waals surface area contributed by atoms with Crippen molar-refractivity contribution in [2.75, 3.05) is 39.8 Å². The molecule has 1 aromatic carbocycles. The first-order chi connectivity index (χ1) is 12.9. The van der Waals surface area contributed by atoms with E-state index in [1.165, 1.54) is 0 Å². The SMILES string of the molecule is COc1ccc(C(CNC(=O)c2cccnc2N(C)C)C(C)C)cc1OC. The molecule has 6 nitrogen and oxygen atoms in total. The molecule has 0 aliphatic carbocycles. The van der Waals surface area contributed by atoms with Crippen molar-refractivity contribution in [1.29, 1.82) is 0 Å². The van der Waals surface area contributed by atoms with Gasteiger partial charge < -0.3 is 19.7 Å². The van der Waals surface area contributed by atoms with E-state index in [0.717, 1.165) is 5.56 Å². The summed E-state index contributed by atoms with van der Waals surface area (Å²) in [4.78, 5) is 18.9. The van der Waals surface area contributed by atoms with Gasteiger partial charge in [0.2, 0.25) is 0 Å². The lowest BCUT2D eigenvalue weighted by atomic mass is 9.88. The fourth-order valence-corrected chi connectivity index (χ4v) is 3.05. The Morgan fingerprint density at radius 1 is 1.15 bits per heavy atom. The van der Waals surface area contributed by atoms with Crippen molar-refractivity contribution in [3.05, 3.63) is 47.7 Å². The third-order valence-corrected chi connectivity index (χ3v) is 4.58. The number of hydrogen-bond acceptors (Lipinski definition) is 5. The lowest BCUT2D eigenvalue weighted by Crippen LogP contribution is -2.31. The highest BCUT2D eigenvalue weighted by Gasteiger charge is 2.20. The van der Waals surface area contributed by atoms with Gasteiger partial charge in [-0.05, 0) is 35.7 Å². The summed E-state index contributed by atoms with van der Waals surface area (Å²) in [5.41, 5.74) is 1.67. The molecule has 1 N–H and O–H groups in total. The molecule has 27 heavy (non-hydrogen) atoms. The number of carbonyl (C=O) groups excluding carboxylic acids is 1. The molecular weight excluding hydrogens is 342 g/mol. The maximum Gasteiger partial charge on any atom is 0.255 e. The normalized spacial score (nSPS) is 11.8. The number of ether oxygens (including phenoxy) is 2. The lowest BCUT2D eigenvalue weighted by molar-refractivity contribution is 0.0949. The minimum Gasteiger partial charge on any atom is -0.493 e. The van der Waals surface area contributed by atoms with Crippen LogP contribution in [0.1, 0.15) is 35.7 Å². The van der Waals surface area contributed by atoms with Crippen LogP contribution in [0.25, 0.3) is 0 Å². The summed E-state index contributed by atoms with van der Waals surface area (Å²) in [5.74, 6) is 2.40. The van der Waals surface area contributed by atoms with Crippen LogP contribution >= 0.6 is 0 Å². The molecule has 1 heterocycles. The van der Waals surface area contributed by atoms with Crippen LogP contribution in [0.2, 0.25) is 0 Å². The first kappa shape index (κ1) is 20.6. The van der Waals surface area contributed by atoms with Gasteiger partial charge in [0.15, 0.2) is 11.5 Å². The van der Waals surface area contributed by atoms with Gasteiger partial charge in [-0.25, -0.2) is 4.98 Å². The van der Waals surface area contributed by atoms with Gasteiger partial charge >= 0.3 is 0 Å². The second kappa shape index (κ2) is 9.26. The van der Waals surface area contributed by atoms with Crippen LogP contribution in [0.15, 0.2) is 36.5 Å². The number of pyridine rings is 1. The van der Waals surface area contributed by atoms with E-state index in [0.29, 0.717) is 35.3 Å². The van der Waals surface area contributed by atoms with Crippen LogP contribution in [-0.2, 0) is 0 Å². The van der Waals surface area contributed by atoms with E-state index in [9.17, 15) is 4.79 Å². The number of nitrogens with zero attached hydrogens (tertiary/aromatic N) is 2. The number of amides is 1. The van der Waals surface area contributed by atoms with Crippen LogP contribution in [0.5, 0.6) is 11.5 Å². The van der Waals surface area contributed by atoms with Gasteiger partial charge in [-0.3, -0.25) is 4.79 Å². The van der Waals surface area contributed by atoms with Gasteiger partial charge in [-0.15, -0.1) is 0 Å². The predicted octanol–water partition coefficient (Wildman–Crippen LogP) is 3.33. The van der Waals surface area contributed by atoms with Gasteiger partial charge in [-0.1, -0.05) is 19.9 Å². The molecule has 6 heteroatoms. The summed E-state index contributed by atoms with van der Waals surface area (Å²) in [6.45, 7) is 4.81. The van der Waals surface area contributed by atoms with Crippen molar-refractivity contribution in [3.63, 3.8) is 0 Å². The van der Waals surface area contributed by atoms with Crippen molar-refractivity contribution in [3.8, 4) is 11.5 Å². The first-order valence-electron chi connectivity index (χ1n) is 9.01. The number of aromatic nitrogens is 1. The summed E-state index contributed by atoms with van der Waals surface area (Å²) in [6.07, 6.45) is 1.69. The molecule has 1 aromatic heterocycles. The minimum absolute atomic E-state index is 0.127. The zero-order valence-corrected chi connectivity index (χ0v) is 16.9. The number of rotatable bonds is 8. The van der Waals surface area contributed by atoms with E-state index in [1.807, 2.05) is 37.2 Å². The largest absolute Gasteiger partial charge is 0.493 e. The van der Waals surface area contributed by atoms with E-state index < -0.39 is 0 Å². The molecular formula is C21H29N3O3. The number of hydrogen-bond donors (Lipinski definition) is 1. The Morgan fingerprint density at radius 2 is 1.85 bits per heavy atom. The Kier molecular flexibility index (Phi) is 7.05. The Labute approximate surface area is 161 Å². The molecule has 0 aliphatic heterocycles. The highest BCUT2D eigenvalue weighted by molar-refractivity contribution is 5.98. The van der Waals surface area contributed by atoms with E-state index in [-0.39, 0.29) is 11.8 Å². The molecule has 0 radical (unpaired) electrons. The van der Waals surface area contributed by atoms with E-state index >= 15 is 0 Å². The topological polar surface area (TPSA) is 63.7 Å². The summed E-state index contributed by atoms with van der Waals surface area (Å²) >= 11 is 0. The molecule has 0 saturated heterocycles. The number of methoxy groups -OCH3 is 2. The maximum atomic E-state index is 12.7. The molecule has 1 atom stereocenters. The molecule has 2 aromatic rings. The van der Waals surface area contributed by atoms with Crippen molar-refractivity contribution >= 4 is 11.7 Å². The van der Waals surface area contributed by atoms with Crippen molar-refractivity contribution in [2.45, 2.75) is 19.8 Å². The van der Waals surface area contributed by atoms with E-state index in [1.54, 1.807) is 32.5 Å². The third-order valence-electron chi connectivity index (χ3n) is 4.58. The number of benzene rings is 1. The highest BCUT2D eigenvalue weighted by atomic mass is 16.5. The van der Waals surface area contributed by atoms with Crippen LogP contribution < -0.4 is 19.7 Å². The summed E-state index contributed by atoms with van der Waals surface area (Å²) < 4.78 is 10.7. The van der Waals surface area contributed by atoms with E-state index in [4.69, 9.17) is 9.47 Å². The average molecular weight is 371 g/mol.